The molecule has 0 unspecified atom stereocenters. The summed E-state index contributed by atoms with van der Waals surface area (Å²) in [5.41, 5.74) is 1.84. The standard InChI is InChI=1S/C23H24ClN7O4S/c1-14-12-25-21(26-13-14)20(35-4)15(2)36(32,33)30-23-29-28-22(18-6-5-7-19(27-18)34-3)31(23)17-10-8-16(24)9-11-17/h5-13,15,20H,1-4H3,(H,29,30)/t15-,20-/m0/s1. The highest BCUT2D eigenvalue weighted by Crippen LogP contribution is 2.29. The van der Waals surface area contributed by atoms with Gasteiger partial charge in [0, 0.05) is 30.6 Å². The summed E-state index contributed by atoms with van der Waals surface area (Å²) in [4.78, 5) is 12.9. The third kappa shape index (κ3) is 5.30. The predicted molar refractivity (Wildman–Crippen MR) is 135 cm³/mol. The number of aromatic nitrogens is 6. The number of anilines is 1. The number of benzene rings is 1. The van der Waals surface area contributed by atoms with Crippen LogP contribution >= 0.6 is 11.6 Å². The van der Waals surface area contributed by atoms with Crippen molar-refractivity contribution < 1.29 is 17.9 Å². The Morgan fingerprint density at radius 2 is 1.72 bits per heavy atom. The van der Waals surface area contributed by atoms with Crippen LogP contribution in [0.25, 0.3) is 17.2 Å². The number of rotatable bonds is 9. The van der Waals surface area contributed by atoms with E-state index in [1.807, 2.05) is 6.92 Å². The Morgan fingerprint density at radius 1 is 1.03 bits per heavy atom. The van der Waals surface area contributed by atoms with Crippen molar-refractivity contribution >= 4 is 27.6 Å². The van der Waals surface area contributed by atoms with Crippen molar-refractivity contribution in [1.29, 1.82) is 0 Å². The quantitative estimate of drug-likeness (QED) is 0.345. The first-order valence-corrected chi connectivity index (χ1v) is 12.7. The van der Waals surface area contributed by atoms with E-state index in [1.54, 1.807) is 54.9 Å². The lowest BCUT2D eigenvalue weighted by molar-refractivity contribution is 0.0949. The Kier molecular flexibility index (Phi) is 7.48. The molecule has 0 aliphatic heterocycles. The molecular weight excluding hydrogens is 506 g/mol. The number of ether oxygens (including phenoxy) is 2. The van der Waals surface area contributed by atoms with Crippen molar-refractivity contribution in [3.63, 3.8) is 0 Å². The van der Waals surface area contributed by atoms with Gasteiger partial charge in [0.2, 0.25) is 21.9 Å². The van der Waals surface area contributed by atoms with Crippen LogP contribution < -0.4 is 9.46 Å². The molecule has 0 radical (unpaired) electrons. The van der Waals surface area contributed by atoms with E-state index in [0.717, 1.165) is 5.56 Å². The van der Waals surface area contributed by atoms with Crippen molar-refractivity contribution in [1.82, 2.24) is 29.7 Å². The molecule has 0 fully saturated rings. The highest BCUT2D eigenvalue weighted by atomic mass is 35.5. The topological polar surface area (TPSA) is 134 Å². The molecule has 0 saturated carbocycles. The van der Waals surface area contributed by atoms with Crippen molar-refractivity contribution in [2.24, 2.45) is 0 Å². The van der Waals surface area contributed by atoms with Gasteiger partial charge in [-0.15, -0.1) is 10.2 Å². The van der Waals surface area contributed by atoms with E-state index < -0.39 is 21.4 Å². The second-order valence-electron chi connectivity index (χ2n) is 7.85. The van der Waals surface area contributed by atoms with Crippen LogP contribution in [0, 0.1) is 6.92 Å². The molecule has 3 aromatic heterocycles. The Hall–Kier alpha value is -3.61. The monoisotopic (exact) mass is 529 g/mol. The summed E-state index contributed by atoms with van der Waals surface area (Å²) in [5, 5.41) is 7.78. The zero-order valence-electron chi connectivity index (χ0n) is 20.0. The van der Waals surface area contributed by atoms with Gasteiger partial charge in [-0.3, -0.25) is 9.29 Å². The van der Waals surface area contributed by atoms with Crippen LogP contribution in [-0.4, -0.2) is 57.6 Å². The Bertz CT molecular complexity index is 1440. The SMILES string of the molecule is COc1cccc(-c2nnc(NS(=O)(=O)[C@@H](C)[C@H](OC)c3ncc(C)cn3)n2-c2ccc(Cl)cc2)n1. The fourth-order valence-electron chi connectivity index (χ4n) is 3.44. The molecule has 1 N–H and O–H groups in total. The average Bonchev–Trinajstić information content (AvgIpc) is 3.28. The number of hydrogen-bond donors (Lipinski definition) is 1. The van der Waals surface area contributed by atoms with E-state index in [-0.39, 0.29) is 11.8 Å². The summed E-state index contributed by atoms with van der Waals surface area (Å²) in [5.74, 6) is 0.881. The summed E-state index contributed by atoms with van der Waals surface area (Å²) < 4.78 is 41.6. The third-order valence-corrected chi connectivity index (χ3v) is 7.31. The van der Waals surface area contributed by atoms with Crippen LogP contribution in [-0.2, 0) is 14.8 Å². The molecule has 0 aliphatic rings. The minimum atomic E-state index is -4.05. The van der Waals surface area contributed by atoms with E-state index in [4.69, 9.17) is 21.1 Å². The number of halogens is 1. The normalized spacial score (nSPS) is 13.2. The highest BCUT2D eigenvalue weighted by molar-refractivity contribution is 7.93. The summed E-state index contributed by atoms with van der Waals surface area (Å²) in [7, 11) is -1.15. The van der Waals surface area contributed by atoms with Crippen LogP contribution in [0.2, 0.25) is 5.02 Å². The Balaban J connectivity index is 1.75. The number of sulfonamides is 1. The van der Waals surface area contributed by atoms with E-state index in [1.165, 1.54) is 25.7 Å². The van der Waals surface area contributed by atoms with Crippen molar-refractivity contribution in [2.75, 3.05) is 18.9 Å². The summed E-state index contributed by atoms with van der Waals surface area (Å²) >= 11 is 6.07. The zero-order chi connectivity index (χ0) is 25.9. The smallest absolute Gasteiger partial charge is 0.243 e. The van der Waals surface area contributed by atoms with Crippen LogP contribution in [0.4, 0.5) is 5.95 Å². The number of methoxy groups -OCH3 is 2. The van der Waals surface area contributed by atoms with E-state index in [0.29, 0.717) is 28.1 Å². The number of nitrogens with zero attached hydrogens (tertiary/aromatic N) is 6. The fourth-order valence-corrected chi connectivity index (χ4v) is 4.70. The molecule has 13 heteroatoms. The number of hydrogen-bond acceptors (Lipinski definition) is 9. The van der Waals surface area contributed by atoms with Gasteiger partial charge in [0.25, 0.3) is 0 Å². The van der Waals surface area contributed by atoms with Crippen LogP contribution in [0.3, 0.4) is 0 Å². The first kappa shape index (κ1) is 25.5. The summed E-state index contributed by atoms with van der Waals surface area (Å²) in [6.45, 7) is 3.35. The molecule has 1 aromatic carbocycles. The maximum atomic E-state index is 13.4. The average molecular weight is 530 g/mol. The molecule has 188 valence electrons. The van der Waals surface area contributed by atoms with Gasteiger partial charge in [0.1, 0.15) is 17.0 Å². The lowest BCUT2D eigenvalue weighted by Crippen LogP contribution is -2.33. The molecular formula is C23H24ClN7O4S. The second kappa shape index (κ2) is 10.6. The van der Waals surface area contributed by atoms with Gasteiger partial charge in [-0.25, -0.2) is 23.4 Å². The van der Waals surface area contributed by atoms with Gasteiger partial charge in [0.05, 0.1) is 12.8 Å². The number of nitrogens with one attached hydrogen (secondary N) is 1. The molecule has 2 atom stereocenters. The Morgan fingerprint density at radius 3 is 2.36 bits per heavy atom. The van der Waals surface area contributed by atoms with Gasteiger partial charge in [-0.2, -0.15) is 0 Å². The molecule has 0 spiro atoms. The minimum absolute atomic E-state index is 0.0385. The van der Waals surface area contributed by atoms with Gasteiger partial charge in [-0.1, -0.05) is 17.7 Å². The van der Waals surface area contributed by atoms with Crippen molar-refractivity contribution in [3.05, 3.63) is 71.3 Å². The lowest BCUT2D eigenvalue weighted by atomic mass is 10.2. The molecule has 0 amide bonds. The second-order valence-corrected chi connectivity index (χ2v) is 10.3. The molecule has 11 nitrogen and oxygen atoms in total. The van der Waals surface area contributed by atoms with Gasteiger partial charge < -0.3 is 9.47 Å². The predicted octanol–water partition coefficient (Wildman–Crippen LogP) is 3.61. The zero-order valence-corrected chi connectivity index (χ0v) is 21.5. The molecule has 36 heavy (non-hydrogen) atoms. The van der Waals surface area contributed by atoms with Crippen molar-refractivity contribution in [3.8, 4) is 23.1 Å². The van der Waals surface area contributed by atoms with Crippen LogP contribution in [0.1, 0.15) is 24.4 Å². The first-order valence-electron chi connectivity index (χ1n) is 10.8. The maximum absolute atomic E-state index is 13.4. The largest absolute Gasteiger partial charge is 0.481 e. The minimum Gasteiger partial charge on any atom is -0.481 e. The van der Waals surface area contributed by atoms with E-state index in [2.05, 4.69) is 29.9 Å². The van der Waals surface area contributed by atoms with Crippen LogP contribution in [0.5, 0.6) is 5.88 Å². The van der Waals surface area contributed by atoms with Gasteiger partial charge >= 0.3 is 0 Å². The number of aryl methyl sites for hydroxylation is 1. The third-order valence-electron chi connectivity index (χ3n) is 5.37. The molecule has 4 aromatic rings. The Labute approximate surface area is 213 Å². The molecule has 0 bridgehead atoms. The molecule has 0 saturated heterocycles. The van der Waals surface area contributed by atoms with E-state index >= 15 is 0 Å². The number of pyridine rings is 1. The maximum Gasteiger partial charge on any atom is 0.243 e. The van der Waals surface area contributed by atoms with Crippen molar-refractivity contribution in [2.45, 2.75) is 25.2 Å². The first-order chi connectivity index (χ1) is 17.2. The summed E-state index contributed by atoms with van der Waals surface area (Å²) in [6, 6.07) is 11.9. The van der Waals surface area contributed by atoms with Crippen LogP contribution in [0.15, 0.2) is 54.9 Å². The highest BCUT2D eigenvalue weighted by Gasteiger charge is 2.34. The van der Waals surface area contributed by atoms with Gasteiger partial charge in [-0.05, 0) is 49.7 Å². The van der Waals surface area contributed by atoms with Gasteiger partial charge in [0.15, 0.2) is 11.6 Å². The lowest BCUT2D eigenvalue weighted by Gasteiger charge is -2.22. The molecule has 4 rings (SSSR count). The fraction of sp³-hybridized carbons (Fsp3) is 0.261. The summed E-state index contributed by atoms with van der Waals surface area (Å²) in [6.07, 6.45) is 2.28. The van der Waals surface area contributed by atoms with E-state index in [9.17, 15) is 8.42 Å². The molecule has 0 aliphatic carbocycles. The molecule has 3 heterocycles.